The third-order valence-corrected chi connectivity index (χ3v) is 3.32. The van der Waals surface area contributed by atoms with Crippen LogP contribution in [0.4, 0.5) is 27.6 Å². The van der Waals surface area contributed by atoms with Gasteiger partial charge in [0.25, 0.3) is 5.69 Å². The van der Waals surface area contributed by atoms with Crippen molar-refractivity contribution >= 4 is 34.7 Å². The van der Waals surface area contributed by atoms with Gasteiger partial charge in [-0.05, 0) is 6.07 Å². The second kappa shape index (κ2) is 6.33. The number of nitro groups is 1. The molecule has 1 aromatic carbocycles. The van der Waals surface area contributed by atoms with Gasteiger partial charge in [-0.25, -0.2) is 0 Å². The molecule has 11 heteroatoms. The van der Waals surface area contributed by atoms with Crippen LogP contribution in [0.1, 0.15) is 23.2 Å². The zero-order valence-corrected chi connectivity index (χ0v) is 11.9. The van der Waals surface area contributed by atoms with Crippen LogP contribution in [0.3, 0.4) is 0 Å². The molecule has 22 heavy (non-hydrogen) atoms. The normalized spacial score (nSPS) is 12.3. The Morgan fingerprint density at radius 3 is 2.18 bits per heavy atom. The summed E-state index contributed by atoms with van der Waals surface area (Å²) in [6, 6.07) is 1.81. The number of Topliss-reactive ketones (excluding diaryl/α,β-unsaturated/α-hetero) is 1. The number of carbonyl (C=O) groups is 1. The molecule has 0 aromatic heterocycles. The molecule has 1 rings (SSSR count). The zero-order valence-electron chi connectivity index (χ0n) is 10.4. The van der Waals surface area contributed by atoms with E-state index in [0.717, 1.165) is 12.1 Å². The predicted octanol–water partition coefficient (Wildman–Crippen LogP) is 5.06. The highest BCUT2D eigenvalue weighted by atomic mass is 35.5. The fourth-order valence-corrected chi connectivity index (χ4v) is 2.13. The third kappa shape index (κ3) is 3.83. The molecule has 0 saturated carbocycles. The Morgan fingerprint density at radius 1 is 1.18 bits per heavy atom. The van der Waals surface area contributed by atoms with Gasteiger partial charge >= 0.3 is 12.1 Å². The molecule has 1 aromatic rings. The van der Waals surface area contributed by atoms with E-state index in [1.807, 2.05) is 0 Å². The lowest BCUT2D eigenvalue weighted by atomic mass is 10.0. The van der Waals surface area contributed by atoms with Gasteiger partial charge in [0.05, 0.1) is 15.5 Å². The quantitative estimate of drug-likeness (QED) is 0.317. The van der Waals surface area contributed by atoms with Crippen molar-refractivity contribution in [1.82, 2.24) is 0 Å². The Kier molecular flexibility index (Phi) is 5.34. The number of benzene rings is 1. The zero-order chi connectivity index (χ0) is 17.3. The van der Waals surface area contributed by atoms with Crippen LogP contribution in [0.2, 0.25) is 10.0 Å². The average molecular weight is 366 g/mol. The summed E-state index contributed by atoms with van der Waals surface area (Å²) in [7, 11) is 0. The van der Waals surface area contributed by atoms with Crippen molar-refractivity contribution < 1.29 is 31.7 Å². The van der Waals surface area contributed by atoms with E-state index in [9.17, 15) is 36.9 Å². The molecule has 0 amide bonds. The molecule has 0 unspecified atom stereocenters. The van der Waals surface area contributed by atoms with Crippen molar-refractivity contribution in [2.24, 2.45) is 0 Å². The smallest absolute Gasteiger partial charge is 0.294 e. The molecule has 0 spiro atoms. The minimum atomic E-state index is -5.80. The van der Waals surface area contributed by atoms with Crippen molar-refractivity contribution in [3.63, 3.8) is 0 Å². The summed E-state index contributed by atoms with van der Waals surface area (Å²) >= 11 is 11.2. The first-order valence-corrected chi connectivity index (χ1v) is 6.24. The van der Waals surface area contributed by atoms with E-state index in [-0.39, 0.29) is 5.02 Å². The number of rotatable bonds is 5. The Bertz CT molecular complexity index is 618. The van der Waals surface area contributed by atoms with Gasteiger partial charge in [-0.15, -0.1) is 0 Å². The Balaban J connectivity index is 3.05. The van der Waals surface area contributed by atoms with Crippen LogP contribution in [0.25, 0.3) is 0 Å². The molecular formula is C11H6Cl2F5NO3. The number of ketones is 1. The summed E-state index contributed by atoms with van der Waals surface area (Å²) in [5, 5.41) is 9.57. The number of hydrogen-bond donors (Lipinski definition) is 0. The summed E-state index contributed by atoms with van der Waals surface area (Å²) < 4.78 is 61.6. The van der Waals surface area contributed by atoms with Crippen molar-refractivity contribution in [1.29, 1.82) is 0 Å². The van der Waals surface area contributed by atoms with Crippen LogP contribution in [-0.2, 0) is 0 Å². The highest BCUT2D eigenvalue weighted by Crippen LogP contribution is 2.40. The molecule has 0 saturated heterocycles. The number of nitrogens with zero attached hydrogens (tertiary/aromatic N) is 1. The fraction of sp³-hybridized carbons (Fsp3) is 0.364. The Morgan fingerprint density at radius 2 is 1.73 bits per heavy atom. The van der Waals surface area contributed by atoms with Gasteiger partial charge < -0.3 is 0 Å². The lowest BCUT2D eigenvalue weighted by molar-refractivity contribution is -0.384. The second-order valence-electron chi connectivity index (χ2n) is 4.14. The van der Waals surface area contributed by atoms with Gasteiger partial charge in [0, 0.05) is 18.9 Å². The van der Waals surface area contributed by atoms with E-state index in [4.69, 9.17) is 23.2 Å². The molecular weight excluding hydrogens is 360 g/mol. The van der Waals surface area contributed by atoms with Crippen molar-refractivity contribution in [2.75, 3.05) is 0 Å². The number of alkyl halides is 5. The van der Waals surface area contributed by atoms with Crippen LogP contribution < -0.4 is 0 Å². The molecule has 0 aliphatic rings. The molecule has 0 fully saturated rings. The fourth-order valence-electron chi connectivity index (χ4n) is 1.48. The molecule has 0 heterocycles. The number of hydrogen-bond acceptors (Lipinski definition) is 3. The van der Waals surface area contributed by atoms with Crippen LogP contribution >= 0.6 is 23.2 Å². The topological polar surface area (TPSA) is 60.2 Å². The minimum Gasteiger partial charge on any atom is -0.294 e. The van der Waals surface area contributed by atoms with Gasteiger partial charge in [-0.1, -0.05) is 23.2 Å². The van der Waals surface area contributed by atoms with Crippen molar-refractivity contribution in [3.05, 3.63) is 37.9 Å². The molecule has 0 atom stereocenters. The first-order valence-electron chi connectivity index (χ1n) is 5.48. The minimum absolute atomic E-state index is 0.379. The first kappa shape index (κ1) is 18.6. The van der Waals surface area contributed by atoms with Gasteiger partial charge in [0.1, 0.15) is 5.02 Å². The van der Waals surface area contributed by atoms with Gasteiger partial charge in [0.2, 0.25) is 0 Å². The van der Waals surface area contributed by atoms with Gasteiger partial charge in [-0.3, -0.25) is 14.9 Å². The van der Waals surface area contributed by atoms with E-state index >= 15 is 0 Å². The Labute approximate surface area is 130 Å². The number of nitro benzene ring substituents is 1. The maximum Gasteiger partial charge on any atom is 0.453 e. The van der Waals surface area contributed by atoms with E-state index in [1.54, 1.807) is 0 Å². The second-order valence-corrected chi connectivity index (χ2v) is 4.92. The summed E-state index contributed by atoms with van der Waals surface area (Å²) in [5.74, 6) is -6.31. The van der Waals surface area contributed by atoms with Gasteiger partial charge in [0.15, 0.2) is 5.78 Å². The van der Waals surface area contributed by atoms with Crippen molar-refractivity contribution in [3.8, 4) is 0 Å². The molecule has 4 nitrogen and oxygen atoms in total. The maximum atomic E-state index is 12.8. The maximum absolute atomic E-state index is 12.8. The highest BCUT2D eigenvalue weighted by Gasteiger charge is 2.56. The molecule has 0 N–H and O–H groups in total. The SMILES string of the molecule is O=C(CCC(F)(F)C(F)(F)F)c1c(Cl)ccc([N+](=O)[O-])c1Cl. The van der Waals surface area contributed by atoms with E-state index in [1.165, 1.54) is 0 Å². The van der Waals surface area contributed by atoms with Crippen LogP contribution in [0, 0.1) is 10.1 Å². The molecule has 0 radical (unpaired) electrons. The predicted molar refractivity (Wildman–Crippen MR) is 67.7 cm³/mol. The first-order chi connectivity index (χ1) is 9.88. The molecule has 0 aliphatic carbocycles. The summed E-state index contributed by atoms with van der Waals surface area (Å²) in [4.78, 5) is 21.5. The summed E-state index contributed by atoms with van der Waals surface area (Å²) in [5.41, 5.74) is -1.37. The summed E-state index contributed by atoms with van der Waals surface area (Å²) in [6.07, 6.45) is -8.85. The van der Waals surface area contributed by atoms with Crippen LogP contribution in [0.5, 0.6) is 0 Å². The number of halogens is 7. The van der Waals surface area contributed by atoms with Crippen molar-refractivity contribution in [2.45, 2.75) is 24.9 Å². The van der Waals surface area contributed by atoms with E-state index in [0.29, 0.717) is 0 Å². The number of carbonyl (C=O) groups excluding carboxylic acids is 1. The standard InChI is InChI=1S/C11H6Cl2F5NO3/c12-5-1-2-6(19(21)22)9(13)8(5)7(20)3-4-10(14,15)11(16,17)18/h1-2H,3-4H2. The molecule has 122 valence electrons. The van der Waals surface area contributed by atoms with Crippen LogP contribution in [0.15, 0.2) is 12.1 Å². The highest BCUT2D eigenvalue weighted by molar-refractivity contribution is 6.41. The van der Waals surface area contributed by atoms with Gasteiger partial charge in [-0.2, -0.15) is 22.0 Å². The van der Waals surface area contributed by atoms with Crippen LogP contribution in [-0.4, -0.2) is 22.8 Å². The summed E-state index contributed by atoms with van der Waals surface area (Å²) in [6.45, 7) is 0. The lowest BCUT2D eigenvalue weighted by Crippen LogP contribution is -2.36. The Hall–Kier alpha value is -1.48. The molecule has 0 aliphatic heterocycles. The third-order valence-electron chi connectivity index (χ3n) is 2.63. The monoisotopic (exact) mass is 365 g/mol. The largest absolute Gasteiger partial charge is 0.453 e. The molecule has 0 bridgehead atoms. The van der Waals surface area contributed by atoms with E-state index in [2.05, 4.69) is 0 Å². The van der Waals surface area contributed by atoms with E-state index < -0.39 is 51.9 Å². The lowest BCUT2D eigenvalue weighted by Gasteiger charge is -2.19. The average Bonchev–Trinajstić information content (AvgIpc) is 2.34.